The molecule has 1 nitrogen and oxygen atoms in total. The molecule has 82 valence electrons. The van der Waals surface area contributed by atoms with Crippen LogP contribution in [0, 0.1) is 12.3 Å². The number of alkyl halides is 1. The van der Waals surface area contributed by atoms with E-state index < -0.39 is 0 Å². The van der Waals surface area contributed by atoms with Gasteiger partial charge in [-0.3, -0.25) is 0 Å². The second-order valence-electron chi connectivity index (χ2n) is 5.29. The summed E-state index contributed by atoms with van der Waals surface area (Å²) < 4.78 is 0. The third kappa shape index (κ3) is 2.20. The number of nitrogens with zero attached hydrogens (tertiary/aromatic N) is 1. The second-order valence-corrected chi connectivity index (χ2v) is 5.85. The lowest BCUT2D eigenvalue weighted by molar-refractivity contribution is 0.276. The summed E-state index contributed by atoms with van der Waals surface area (Å²) in [6, 6.07) is 6.73. The molecule has 1 saturated heterocycles. The predicted molar refractivity (Wildman–Crippen MR) is 69.8 cm³/mol. The third-order valence-electron chi connectivity index (χ3n) is 2.96. The van der Waals surface area contributed by atoms with E-state index in [1.807, 2.05) is 0 Å². The minimum absolute atomic E-state index is 0.495. The molecule has 1 fully saturated rings. The van der Waals surface area contributed by atoms with Crippen molar-refractivity contribution in [2.75, 3.05) is 18.0 Å². The van der Waals surface area contributed by atoms with Crippen LogP contribution >= 0.6 is 15.9 Å². The molecule has 1 heterocycles. The maximum Gasteiger partial charge on any atom is 0.0407 e. The first-order valence-electron chi connectivity index (χ1n) is 5.42. The Hall–Kier alpha value is -0.500. The number of anilines is 1. The molecule has 1 aromatic rings. The highest BCUT2D eigenvalue weighted by molar-refractivity contribution is 9.08. The fraction of sp³-hybridized carbons (Fsp3) is 0.538. The summed E-state index contributed by atoms with van der Waals surface area (Å²) >= 11 is 3.57. The molecule has 2 heteroatoms. The zero-order valence-corrected chi connectivity index (χ0v) is 11.3. The van der Waals surface area contributed by atoms with Crippen molar-refractivity contribution in [2.45, 2.75) is 26.1 Å². The van der Waals surface area contributed by atoms with Crippen LogP contribution in [0.4, 0.5) is 5.69 Å². The zero-order chi connectivity index (χ0) is 11.1. The van der Waals surface area contributed by atoms with Crippen molar-refractivity contribution in [3.8, 4) is 0 Å². The van der Waals surface area contributed by atoms with E-state index in [4.69, 9.17) is 0 Å². The molecule has 0 aliphatic carbocycles. The molecular weight excluding hydrogens is 250 g/mol. The largest absolute Gasteiger partial charge is 0.370 e. The molecule has 1 aromatic carbocycles. The molecule has 0 bridgehead atoms. The molecular formula is C13H18BrN. The highest BCUT2D eigenvalue weighted by atomic mass is 79.9. The van der Waals surface area contributed by atoms with Crippen molar-refractivity contribution in [2.24, 2.45) is 5.41 Å². The van der Waals surface area contributed by atoms with Crippen molar-refractivity contribution in [1.82, 2.24) is 0 Å². The van der Waals surface area contributed by atoms with Gasteiger partial charge in [0.05, 0.1) is 0 Å². The summed E-state index contributed by atoms with van der Waals surface area (Å²) in [5, 5.41) is 0.945. The molecule has 1 aliphatic rings. The second kappa shape index (κ2) is 3.82. The molecule has 0 saturated carbocycles. The number of halogens is 1. The van der Waals surface area contributed by atoms with E-state index in [9.17, 15) is 0 Å². The van der Waals surface area contributed by atoms with E-state index in [0.717, 1.165) is 5.33 Å². The highest BCUT2D eigenvalue weighted by Crippen LogP contribution is 2.36. The minimum atomic E-state index is 0.495. The van der Waals surface area contributed by atoms with E-state index >= 15 is 0 Å². The van der Waals surface area contributed by atoms with E-state index in [1.165, 1.54) is 29.9 Å². The smallest absolute Gasteiger partial charge is 0.0407 e. The Kier molecular flexibility index (Phi) is 2.80. The monoisotopic (exact) mass is 267 g/mol. The van der Waals surface area contributed by atoms with Gasteiger partial charge in [0.2, 0.25) is 0 Å². The Morgan fingerprint density at radius 2 is 2.00 bits per heavy atom. The number of aryl methyl sites for hydroxylation is 1. The summed E-state index contributed by atoms with van der Waals surface area (Å²) in [6.45, 7) is 9.15. The van der Waals surface area contributed by atoms with Crippen LogP contribution in [-0.2, 0) is 5.33 Å². The molecule has 15 heavy (non-hydrogen) atoms. The Bertz CT molecular complexity index is 363. The van der Waals surface area contributed by atoms with E-state index in [-0.39, 0.29) is 0 Å². The molecule has 0 atom stereocenters. The van der Waals surface area contributed by atoms with Gasteiger partial charge < -0.3 is 4.90 Å². The van der Waals surface area contributed by atoms with Gasteiger partial charge >= 0.3 is 0 Å². The summed E-state index contributed by atoms with van der Waals surface area (Å²) in [6.07, 6.45) is 0. The fourth-order valence-electron chi connectivity index (χ4n) is 2.29. The first-order chi connectivity index (χ1) is 7.02. The first-order valence-corrected chi connectivity index (χ1v) is 6.54. The van der Waals surface area contributed by atoms with Crippen LogP contribution in [0.25, 0.3) is 0 Å². The quantitative estimate of drug-likeness (QED) is 0.739. The van der Waals surface area contributed by atoms with E-state index in [1.54, 1.807) is 0 Å². The minimum Gasteiger partial charge on any atom is -0.370 e. The maximum atomic E-state index is 3.57. The van der Waals surface area contributed by atoms with Crippen LogP contribution in [-0.4, -0.2) is 13.1 Å². The van der Waals surface area contributed by atoms with Crippen LogP contribution in [0.1, 0.15) is 25.0 Å². The van der Waals surface area contributed by atoms with Gasteiger partial charge in [-0.15, -0.1) is 0 Å². The molecule has 0 amide bonds. The van der Waals surface area contributed by atoms with Gasteiger partial charge in [-0.25, -0.2) is 0 Å². The van der Waals surface area contributed by atoms with Crippen LogP contribution < -0.4 is 4.90 Å². The maximum absolute atomic E-state index is 3.57. The highest BCUT2D eigenvalue weighted by Gasteiger charge is 2.34. The third-order valence-corrected chi connectivity index (χ3v) is 3.56. The molecule has 1 aliphatic heterocycles. The van der Waals surface area contributed by atoms with E-state index in [2.05, 4.69) is 59.8 Å². The SMILES string of the molecule is Cc1ccc(N2CC(C)(C)C2)c(CBr)c1. The van der Waals surface area contributed by atoms with Gasteiger partial charge in [0.25, 0.3) is 0 Å². The standard InChI is InChI=1S/C13H18BrN/c1-10-4-5-12(11(6-10)7-14)15-8-13(2,3)9-15/h4-6H,7-9H2,1-3H3. The predicted octanol–water partition coefficient (Wildman–Crippen LogP) is 3.74. The van der Waals surface area contributed by atoms with Crippen LogP contribution in [0.3, 0.4) is 0 Å². The summed E-state index contributed by atoms with van der Waals surface area (Å²) in [5.41, 5.74) is 4.64. The molecule has 0 spiro atoms. The molecule has 0 N–H and O–H groups in total. The van der Waals surface area contributed by atoms with Crippen molar-refractivity contribution in [1.29, 1.82) is 0 Å². The summed E-state index contributed by atoms with van der Waals surface area (Å²) in [7, 11) is 0. The fourth-order valence-corrected chi connectivity index (χ4v) is 2.74. The average molecular weight is 268 g/mol. The topological polar surface area (TPSA) is 3.24 Å². The zero-order valence-electron chi connectivity index (χ0n) is 9.68. The number of benzene rings is 1. The summed E-state index contributed by atoms with van der Waals surface area (Å²) in [5.74, 6) is 0. The van der Waals surface area contributed by atoms with Crippen LogP contribution in [0.15, 0.2) is 18.2 Å². The van der Waals surface area contributed by atoms with Crippen LogP contribution in [0.2, 0.25) is 0 Å². The Balaban J connectivity index is 2.22. The van der Waals surface area contributed by atoms with Gasteiger partial charge in [-0.05, 0) is 24.0 Å². The van der Waals surface area contributed by atoms with Gasteiger partial charge in [0, 0.05) is 24.1 Å². The lowest BCUT2D eigenvalue weighted by Gasteiger charge is -2.48. The van der Waals surface area contributed by atoms with Crippen molar-refractivity contribution in [3.05, 3.63) is 29.3 Å². The van der Waals surface area contributed by atoms with Gasteiger partial charge in [-0.2, -0.15) is 0 Å². The Morgan fingerprint density at radius 1 is 1.33 bits per heavy atom. The van der Waals surface area contributed by atoms with Crippen molar-refractivity contribution in [3.63, 3.8) is 0 Å². The van der Waals surface area contributed by atoms with Crippen LogP contribution in [0.5, 0.6) is 0 Å². The first kappa shape index (κ1) is 11.0. The molecule has 0 radical (unpaired) electrons. The normalized spacial score (nSPS) is 18.8. The molecule has 2 rings (SSSR count). The number of hydrogen-bond acceptors (Lipinski definition) is 1. The van der Waals surface area contributed by atoms with Crippen molar-refractivity contribution >= 4 is 21.6 Å². The van der Waals surface area contributed by atoms with Crippen molar-refractivity contribution < 1.29 is 0 Å². The lowest BCUT2D eigenvalue weighted by Crippen LogP contribution is -2.53. The van der Waals surface area contributed by atoms with Gasteiger partial charge in [0.1, 0.15) is 0 Å². The summed E-state index contributed by atoms with van der Waals surface area (Å²) in [4.78, 5) is 2.47. The molecule has 0 aromatic heterocycles. The lowest BCUT2D eigenvalue weighted by atomic mass is 9.83. The average Bonchev–Trinajstić information content (AvgIpc) is 2.14. The van der Waals surface area contributed by atoms with Gasteiger partial charge in [0.15, 0.2) is 0 Å². The Morgan fingerprint density at radius 3 is 2.53 bits per heavy atom. The number of rotatable bonds is 2. The molecule has 0 unspecified atom stereocenters. The Labute approximate surface area is 101 Å². The number of hydrogen-bond donors (Lipinski definition) is 0. The van der Waals surface area contributed by atoms with E-state index in [0.29, 0.717) is 5.41 Å². The van der Waals surface area contributed by atoms with Gasteiger partial charge in [-0.1, -0.05) is 47.5 Å².